The van der Waals surface area contributed by atoms with Gasteiger partial charge in [0.2, 0.25) is 0 Å². The molecule has 3 nitrogen and oxygen atoms in total. The van der Waals surface area contributed by atoms with Crippen molar-refractivity contribution >= 4 is 40.1 Å². The monoisotopic (exact) mass is 396 g/mol. The summed E-state index contributed by atoms with van der Waals surface area (Å²) in [4.78, 5) is 14.1. The van der Waals surface area contributed by atoms with Gasteiger partial charge >= 0.3 is 0 Å². The van der Waals surface area contributed by atoms with Crippen LogP contribution in [0.3, 0.4) is 0 Å². The molecule has 1 amide bonds. The Hall–Kier alpha value is -0.400. The van der Waals surface area contributed by atoms with Crippen molar-refractivity contribution in [2.45, 2.75) is 18.9 Å². The second-order valence-corrected chi connectivity index (χ2v) is 6.21. The molecule has 1 aliphatic heterocycles. The van der Waals surface area contributed by atoms with Crippen molar-refractivity contribution in [1.29, 1.82) is 0 Å². The zero-order chi connectivity index (χ0) is 14.0. The molecule has 19 heavy (non-hydrogen) atoms. The molecule has 1 saturated heterocycles. The summed E-state index contributed by atoms with van der Waals surface area (Å²) in [5.41, 5.74) is 0.369. The normalized spacial score (nSPS) is 16.4. The summed E-state index contributed by atoms with van der Waals surface area (Å²) in [7, 11) is 1.78. The number of carbonyl (C=O) groups is 1. The summed E-state index contributed by atoms with van der Waals surface area (Å²) in [6.45, 7) is 1.83. The molecule has 6 heteroatoms. The van der Waals surface area contributed by atoms with E-state index in [2.05, 4.69) is 5.32 Å². The molecule has 1 fully saturated rings. The van der Waals surface area contributed by atoms with Crippen LogP contribution in [-0.4, -0.2) is 37.0 Å². The Kier molecular flexibility index (Phi) is 5.03. The van der Waals surface area contributed by atoms with Gasteiger partial charge in [-0.25, -0.2) is 4.39 Å². The first-order chi connectivity index (χ1) is 9.00. The van der Waals surface area contributed by atoms with Crippen LogP contribution in [0.25, 0.3) is 0 Å². The maximum atomic E-state index is 13.4. The average molecular weight is 397 g/mol. The minimum absolute atomic E-state index is 0.144. The van der Waals surface area contributed by atoms with Gasteiger partial charge in [-0.2, -0.15) is 0 Å². The van der Waals surface area contributed by atoms with Gasteiger partial charge in [0.25, 0.3) is 5.91 Å². The Balaban J connectivity index is 2.21. The van der Waals surface area contributed by atoms with E-state index < -0.39 is 5.82 Å². The summed E-state index contributed by atoms with van der Waals surface area (Å²) in [5, 5.41) is 3.43. The van der Waals surface area contributed by atoms with Crippen LogP contribution in [0.15, 0.2) is 12.1 Å². The molecule has 2 rings (SSSR count). The Morgan fingerprint density at radius 2 is 2.11 bits per heavy atom. The Bertz CT molecular complexity index is 492. The maximum Gasteiger partial charge on any atom is 0.255 e. The van der Waals surface area contributed by atoms with Gasteiger partial charge in [0.1, 0.15) is 5.82 Å². The molecule has 1 aromatic carbocycles. The number of carbonyl (C=O) groups excluding carboxylic acids is 1. The van der Waals surface area contributed by atoms with Gasteiger partial charge < -0.3 is 10.2 Å². The van der Waals surface area contributed by atoms with Crippen molar-refractivity contribution in [2.24, 2.45) is 0 Å². The fraction of sp³-hybridized carbons (Fsp3) is 0.462. The third kappa shape index (κ3) is 3.38. The standard InChI is InChI=1S/C13H15ClFIN2O/c1-18(8-2-4-17-5-3-8)13(19)9-6-12(16)11(15)7-10(9)14/h6-8,17H,2-5H2,1H3. The number of amides is 1. The smallest absolute Gasteiger partial charge is 0.255 e. The SMILES string of the molecule is CN(C(=O)c1cc(I)c(F)cc1Cl)C1CCNCC1. The zero-order valence-corrected chi connectivity index (χ0v) is 13.5. The van der Waals surface area contributed by atoms with E-state index >= 15 is 0 Å². The van der Waals surface area contributed by atoms with Crippen molar-refractivity contribution in [2.75, 3.05) is 20.1 Å². The number of piperidine rings is 1. The second-order valence-electron chi connectivity index (χ2n) is 4.64. The molecule has 1 aliphatic rings. The van der Waals surface area contributed by atoms with Crippen molar-refractivity contribution in [3.05, 3.63) is 32.1 Å². The molecule has 1 heterocycles. The molecular weight excluding hydrogens is 382 g/mol. The number of benzene rings is 1. The van der Waals surface area contributed by atoms with Crippen LogP contribution in [0.4, 0.5) is 4.39 Å². The lowest BCUT2D eigenvalue weighted by molar-refractivity contribution is 0.0703. The molecule has 0 saturated carbocycles. The number of halogens is 3. The quantitative estimate of drug-likeness (QED) is 0.616. The lowest BCUT2D eigenvalue weighted by Crippen LogP contribution is -2.44. The molecule has 1 N–H and O–H groups in total. The molecule has 0 bridgehead atoms. The van der Waals surface area contributed by atoms with Gasteiger partial charge in [-0.3, -0.25) is 4.79 Å². The molecule has 0 radical (unpaired) electrons. The first kappa shape index (κ1) is 15.0. The molecule has 0 unspecified atom stereocenters. The first-order valence-corrected chi connectivity index (χ1v) is 7.59. The van der Waals surface area contributed by atoms with Gasteiger partial charge in [-0.15, -0.1) is 0 Å². The second kappa shape index (κ2) is 6.37. The predicted octanol–water partition coefficient (Wildman–Crippen LogP) is 2.91. The van der Waals surface area contributed by atoms with Gasteiger partial charge in [-0.05, 0) is 60.7 Å². The lowest BCUT2D eigenvalue weighted by Gasteiger charge is -2.32. The van der Waals surface area contributed by atoms with Gasteiger partial charge in [0.15, 0.2) is 0 Å². The largest absolute Gasteiger partial charge is 0.339 e. The van der Waals surface area contributed by atoms with Crippen LogP contribution in [0.5, 0.6) is 0 Å². The average Bonchev–Trinajstić information content (AvgIpc) is 2.42. The lowest BCUT2D eigenvalue weighted by atomic mass is 10.0. The summed E-state index contributed by atoms with van der Waals surface area (Å²) in [6, 6.07) is 2.93. The zero-order valence-electron chi connectivity index (χ0n) is 10.5. The fourth-order valence-corrected chi connectivity index (χ4v) is 2.93. The van der Waals surface area contributed by atoms with E-state index in [1.54, 1.807) is 11.9 Å². The minimum Gasteiger partial charge on any atom is -0.339 e. The van der Waals surface area contributed by atoms with Crippen molar-refractivity contribution in [1.82, 2.24) is 10.2 Å². The molecule has 0 spiro atoms. The highest BCUT2D eigenvalue weighted by atomic mass is 127. The highest BCUT2D eigenvalue weighted by Gasteiger charge is 2.24. The van der Waals surface area contributed by atoms with E-state index in [9.17, 15) is 9.18 Å². The van der Waals surface area contributed by atoms with Gasteiger partial charge in [0.05, 0.1) is 10.6 Å². The topological polar surface area (TPSA) is 32.3 Å². The van der Waals surface area contributed by atoms with E-state index in [-0.39, 0.29) is 17.0 Å². The van der Waals surface area contributed by atoms with Crippen molar-refractivity contribution in [3.63, 3.8) is 0 Å². The summed E-state index contributed by atoms with van der Waals surface area (Å²) in [5.74, 6) is -0.540. The fourth-order valence-electron chi connectivity index (χ4n) is 2.24. The van der Waals surface area contributed by atoms with E-state index in [4.69, 9.17) is 11.6 Å². The summed E-state index contributed by atoms with van der Waals surface area (Å²) < 4.78 is 13.8. The Labute approximate surface area is 130 Å². The van der Waals surface area contributed by atoms with Crippen LogP contribution in [0, 0.1) is 9.39 Å². The van der Waals surface area contributed by atoms with Crippen molar-refractivity contribution < 1.29 is 9.18 Å². The van der Waals surface area contributed by atoms with E-state index in [0.29, 0.717) is 9.13 Å². The summed E-state index contributed by atoms with van der Waals surface area (Å²) in [6.07, 6.45) is 1.86. The first-order valence-electron chi connectivity index (χ1n) is 6.13. The van der Waals surface area contributed by atoms with Crippen LogP contribution >= 0.6 is 34.2 Å². The molecule has 0 atom stereocenters. The van der Waals surface area contributed by atoms with Crippen LogP contribution in [0.1, 0.15) is 23.2 Å². The molecule has 0 aromatic heterocycles. The number of rotatable bonds is 2. The Morgan fingerprint density at radius 1 is 1.47 bits per heavy atom. The van der Waals surface area contributed by atoms with Crippen LogP contribution in [0.2, 0.25) is 5.02 Å². The number of nitrogens with zero attached hydrogens (tertiary/aromatic N) is 1. The van der Waals surface area contributed by atoms with Crippen LogP contribution < -0.4 is 5.32 Å². The number of hydrogen-bond acceptors (Lipinski definition) is 2. The molecule has 1 aromatic rings. The van der Waals surface area contributed by atoms with Crippen molar-refractivity contribution in [3.8, 4) is 0 Å². The van der Waals surface area contributed by atoms with Gasteiger partial charge in [0, 0.05) is 16.7 Å². The summed E-state index contributed by atoms with van der Waals surface area (Å²) >= 11 is 7.84. The molecule has 104 valence electrons. The minimum atomic E-state index is -0.397. The number of hydrogen-bond donors (Lipinski definition) is 1. The predicted molar refractivity (Wildman–Crippen MR) is 82.1 cm³/mol. The Morgan fingerprint density at radius 3 is 2.74 bits per heavy atom. The molecular formula is C13H15ClFIN2O. The molecule has 0 aliphatic carbocycles. The van der Waals surface area contributed by atoms with E-state index in [1.807, 2.05) is 22.6 Å². The number of nitrogens with one attached hydrogen (secondary N) is 1. The third-order valence-electron chi connectivity index (χ3n) is 3.42. The van der Waals surface area contributed by atoms with E-state index in [0.717, 1.165) is 25.9 Å². The third-order valence-corrected chi connectivity index (χ3v) is 4.56. The van der Waals surface area contributed by atoms with E-state index in [1.165, 1.54) is 12.1 Å². The highest BCUT2D eigenvalue weighted by molar-refractivity contribution is 14.1. The van der Waals surface area contributed by atoms with Gasteiger partial charge in [-0.1, -0.05) is 11.6 Å². The highest BCUT2D eigenvalue weighted by Crippen LogP contribution is 2.24. The van der Waals surface area contributed by atoms with Crippen LogP contribution in [-0.2, 0) is 0 Å². The maximum absolute atomic E-state index is 13.4.